The number of nitrogens with zero attached hydrogens (tertiary/aromatic N) is 1. The Hall–Kier alpha value is -2.93. The number of rotatable bonds is 5. The lowest BCUT2D eigenvalue weighted by Crippen LogP contribution is -2.49. The van der Waals surface area contributed by atoms with Crippen LogP contribution in [0.3, 0.4) is 0 Å². The Labute approximate surface area is 168 Å². The van der Waals surface area contributed by atoms with Gasteiger partial charge in [0.1, 0.15) is 12.0 Å². The number of aldehydes is 2. The Balaban J connectivity index is 1.94. The number of hydrogen-bond acceptors (Lipinski definition) is 5. The van der Waals surface area contributed by atoms with Crippen LogP contribution in [0.1, 0.15) is 30.6 Å². The summed E-state index contributed by atoms with van der Waals surface area (Å²) in [6.07, 6.45) is 2.66. The quantitative estimate of drug-likeness (QED) is 0.349. The van der Waals surface area contributed by atoms with Crippen LogP contribution < -0.4 is 4.74 Å². The van der Waals surface area contributed by atoms with E-state index in [1.54, 1.807) is 7.11 Å². The number of ether oxygens (including phenoxy) is 1. The molecule has 0 bridgehead atoms. The van der Waals surface area contributed by atoms with Gasteiger partial charge in [0.05, 0.1) is 24.6 Å². The number of benzene rings is 1. The first-order chi connectivity index (χ1) is 14.0. The maximum atomic E-state index is 12.3. The summed E-state index contributed by atoms with van der Waals surface area (Å²) in [4.78, 5) is 41.3. The molecule has 3 unspecified atom stereocenters. The van der Waals surface area contributed by atoms with E-state index >= 15 is 0 Å². The van der Waals surface area contributed by atoms with E-state index in [9.17, 15) is 19.5 Å². The molecule has 3 atom stereocenters. The number of carboxylic acids is 1. The molecule has 1 saturated heterocycles. The standard InChI is InChI=1S/C22H24N2O5/c1-3-12-9-24-8-7-13-19-16(5-4-6-17(19)29-2)23-20(13)21(24)14(10-25)18(12)15(11-26)22(27)28/h4-6,10-12,14,21,23H,3,7-9H2,1-2H3,(H,27,28). The number of nitrogens with one attached hydrogen (secondary N) is 1. The summed E-state index contributed by atoms with van der Waals surface area (Å²) in [6, 6.07) is 5.47. The lowest BCUT2D eigenvalue weighted by atomic mass is 9.72. The van der Waals surface area contributed by atoms with Crippen molar-refractivity contribution < 1.29 is 24.2 Å². The first-order valence-corrected chi connectivity index (χ1v) is 9.84. The molecule has 0 aliphatic carbocycles. The highest BCUT2D eigenvalue weighted by molar-refractivity contribution is 6.08. The molecule has 1 aromatic carbocycles. The molecule has 4 rings (SSSR count). The second-order valence-corrected chi connectivity index (χ2v) is 7.65. The van der Waals surface area contributed by atoms with Gasteiger partial charge >= 0.3 is 5.97 Å². The fraction of sp³-hybridized carbons (Fsp3) is 0.409. The van der Waals surface area contributed by atoms with Gasteiger partial charge in [0.15, 0.2) is 6.29 Å². The highest BCUT2D eigenvalue weighted by Gasteiger charge is 2.45. The van der Waals surface area contributed by atoms with Crippen LogP contribution in [0.5, 0.6) is 5.75 Å². The largest absolute Gasteiger partial charge is 0.496 e. The molecule has 29 heavy (non-hydrogen) atoms. The first-order valence-electron chi connectivity index (χ1n) is 9.84. The third-order valence-electron chi connectivity index (χ3n) is 6.37. The molecule has 2 N–H and O–H groups in total. The van der Waals surface area contributed by atoms with Crippen LogP contribution in [0, 0.1) is 11.8 Å². The molecule has 2 aliphatic rings. The summed E-state index contributed by atoms with van der Waals surface area (Å²) in [5, 5.41) is 10.6. The second-order valence-electron chi connectivity index (χ2n) is 7.65. The molecular weight excluding hydrogens is 372 g/mol. The van der Waals surface area contributed by atoms with Crippen LogP contribution in [-0.2, 0) is 20.8 Å². The minimum absolute atomic E-state index is 0.141. The number of aromatic amines is 1. The van der Waals surface area contributed by atoms with Crippen molar-refractivity contribution in [1.29, 1.82) is 0 Å². The van der Waals surface area contributed by atoms with E-state index in [1.807, 2.05) is 25.1 Å². The number of H-pyrrole nitrogens is 1. The van der Waals surface area contributed by atoms with Gasteiger partial charge < -0.3 is 19.6 Å². The van der Waals surface area contributed by atoms with Gasteiger partial charge in [-0.25, -0.2) is 4.79 Å². The molecule has 7 heteroatoms. The number of hydrogen-bond donors (Lipinski definition) is 2. The van der Waals surface area contributed by atoms with Crippen LogP contribution in [0.4, 0.5) is 0 Å². The van der Waals surface area contributed by atoms with Gasteiger partial charge in [-0.05, 0) is 42.0 Å². The van der Waals surface area contributed by atoms with Crippen LogP contribution in [0.2, 0.25) is 0 Å². The lowest BCUT2D eigenvalue weighted by Gasteiger charge is -2.47. The molecule has 2 aliphatic heterocycles. The van der Waals surface area contributed by atoms with Gasteiger partial charge in [0, 0.05) is 29.7 Å². The third kappa shape index (κ3) is 2.88. The monoisotopic (exact) mass is 396 g/mol. The Bertz CT molecular complexity index is 1020. The van der Waals surface area contributed by atoms with E-state index in [0.29, 0.717) is 24.8 Å². The zero-order valence-electron chi connectivity index (χ0n) is 16.5. The molecule has 0 spiro atoms. The normalized spacial score (nSPS) is 25.8. The molecule has 7 nitrogen and oxygen atoms in total. The maximum absolute atomic E-state index is 12.3. The van der Waals surface area contributed by atoms with Crippen molar-refractivity contribution in [3.05, 3.63) is 40.6 Å². The van der Waals surface area contributed by atoms with Crippen molar-refractivity contribution in [2.24, 2.45) is 11.8 Å². The fourth-order valence-electron chi connectivity index (χ4n) is 5.13. The first kappa shape index (κ1) is 19.4. The minimum atomic E-state index is -1.27. The summed E-state index contributed by atoms with van der Waals surface area (Å²) in [6.45, 7) is 3.35. The van der Waals surface area contributed by atoms with Crippen molar-refractivity contribution in [3.63, 3.8) is 0 Å². The van der Waals surface area contributed by atoms with Gasteiger partial charge in [-0.3, -0.25) is 9.69 Å². The average molecular weight is 396 g/mol. The van der Waals surface area contributed by atoms with E-state index in [1.165, 1.54) is 0 Å². The number of aliphatic carboxylic acids is 1. The molecule has 0 saturated carbocycles. The summed E-state index contributed by atoms with van der Waals surface area (Å²) in [5.74, 6) is -1.34. The van der Waals surface area contributed by atoms with E-state index in [2.05, 4.69) is 9.88 Å². The van der Waals surface area contributed by atoms with Gasteiger partial charge in [0.25, 0.3) is 0 Å². The second kappa shape index (κ2) is 7.48. The number of fused-ring (bicyclic) bond motifs is 5. The van der Waals surface area contributed by atoms with E-state index < -0.39 is 11.9 Å². The molecule has 2 aromatic rings. The number of aromatic nitrogens is 1. The highest BCUT2D eigenvalue weighted by atomic mass is 16.5. The number of carbonyl (C=O) groups is 3. The highest BCUT2D eigenvalue weighted by Crippen LogP contribution is 2.48. The molecule has 152 valence electrons. The van der Waals surface area contributed by atoms with E-state index in [4.69, 9.17) is 4.74 Å². The molecular formula is C22H24N2O5. The third-order valence-corrected chi connectivity index (χ3v) is 6.37. The van der Waals surface area contributed by atoms with Crippen molar-refractivity contribution >= 4 is 29.4 Å². The summed E-state index contributed by atoms with van der Waals surface area (Å²) < 4.78 is 5.55. The van der Waals surface area contributed by atoms with Gasteiger partial charge in [-0.1, -0.05) is 13.0 Å². The molecule has 0 amide bonds. The predicted octanol–water partition coefficient (Wildman–Crippen LogP) is 2.51. The smallest absolute Gasteiger partial charge is 0.339 e. The topological polar surface area (TPSA) is 99.7 Å². The predicted molar refractivity (Wildman–Crippen MR) is 107 cm³/mol. The van der Waals surface area contributed by atoms with Gasteiger partial charge in [0.2, 0.25) is 0 Å². The fourth-order valence-corrected chi connectivity index (χ4v) is 5.13. The number of carbonyl (C=O) groups excluding carboxylic acids is 2. The Morgan fingerprint density at radius 2 is 2.17 bits per heavy atom. The van der Waals surface area contributed by atoms with Crippen molar-refractivity contribution in [1.82, 2.24) is 9.88 Å². The Kier molecular flexibility index (Phi) is 5.00. The zero-order chi connectivity index (χ0) is 20.7. The van der Waals surface area contributed by atoms with Gasteiger partial charge in [-0.15, -0.1) is 0 Å². The molecule has 1 aromatic heterocycles. The van der Waals surface area contributed by atoms with Crippen LogP contribution >= 0.6 is 0 Å². The molecule has 1 fully saturated rings. The van der Waals surface area contributed by atoms with Crippen molar-refractivity contribution in [2.75, 3.05) is 20.2 Å². The van der Waals surface area contributed by atoms with Crippen LogP contribution in [-0.4, -0.2) is 53.7 Å². The molecule has 3 heterocycles. The van der Waals surface area contributed by atoms with Crippen LogP contribution in [0.15, 0.2) is 29.3 Å². The zero-order valence-corrected chi connectivity index (χ0v) is 16.5. The SMILES string of the molecule is CCC1CN2CCc3c([nH]c4cccc(OC)c34)C2C(C=O)C1=C(C=O)C(=O)O. The van der Waals surface area contributed by atoms with Crippen molar-refractivity contribution in [2.45, 2.75) is 25.8 Å². The number of carboxylic acid groups (broad SMARTS) is 1. The number of piperidine rings is 1. The Morgan fingerprint density at radius 1 is 1.38 bits per heavy atom. The maximum Gasteiger partial charge on any atom is 0.339 e. The van der Waals surface area contributed by atoms with E-state index in [0.717, 1.165) is 47.2 Å². The van der Waals surface area contributed by atoms with Gasteiger partial charge in [-0.2, -0.15) is 0 Å². The summed E-state index contributed by atoms with van der Waals surface area (Å²) in [7, 11) is 1.63. The van der Waals surface area contributed by atoms with Crippen molar-refractivity contribution in [3.8, 4) is 5.75 Å². The summed E-state index contributed by atoms with van der Waals surface area (Å²) >= 11 is 0. The molecule has 0 radical (unpaired) electrons. The summed E-state index contributed by atoms with van der Waals surface area (Å²) in [5.41, 5.74) is 3.11. The lowest BCUT2D eigenvalue weighted by molar-refractivity contribution is -0.133. The average Bonchev–Trinajstić information content (AvgIpc) is 3.12. The Morgan fingerprint density at radius 3 is 2.79 bits per heavy atom. The minimum Gasteiger partial charge on any atom is -0.496 e. The van der Waals surface area contributed by atoms with Crippen LogP contribution in [0.25, 0.3) is 10.9 Å². The number of methoxy groups -OCH3 is 1. The van der Waals surface area contributed by atoms with E-state index in [-0.39, 0.29) is 17.5 Å².